The second-order valence-corrected chi connectivity index (χ2v) is 7.28. The maximum atomic E-state index is 13.8. The van der Waals surface area contributed by atoms with Crippen molar-refractivity contribution >= 4 is 23.6 Å². The number of benzene rings is 1. The van der Waals surface area contributed by atoms with Crippen molar-refractivity contribution in [3.63, 3.8) is 0 Å². The quantitative estimate of drug-likeness (QED) is 0.590. The van der Waals surface area contributed by atoms with Crippen LogP contribution in [0, 0.1) is 5.82 Å². The molecule has 0 aliphatic carbocycles. The molecule has 0 saturated carbocycles. The summed E-state index contributed by atoms with van der Waals surface area (Å²) in [6, 6.07) is 9.80. The molecule has 0 radical (unpaired) electrons. The van der Waals surface area contributed by atoms with E-state index in [0.717, 1.165) is 0 Å². The van der Waals surface area contributed by atoms with Gasteiger partial charge in [-0.15, -0.1) is 10.2 Å². The summed E-state index contributed by atoms with van der Waals surface area (Å²) in [7, 11) is 0. The number of hydrogen-bond acceptors (Lipinski definition) is 7. The first-order valence-corrected chi connectivity index (χ1v) is 10.2. The molecule has 1 aliphatic heterocycles. The molecule has 1 fully saturated rings. The Bertz CT molecular complexity index is 957. The predicted octanol–water partition coefficient (Wildman–Crippen LogP) is 2.24. The van der Waals surface area contributed by atoms with Gasteiger partial charge in [0.2, 0.25) is 11.9 Å². The van der Waals surface area contributed by atoms with Gasteiger partial charge in [-0.1, -0.05) is 17.8 Å². The molecule has 1 aromatic carbocycles. The molecule has 0 bridgehead atoms. The molecule has 4 rings (SSSR count). The molecule has 3 aromatic rings. The van der Waals surface area contributed by atoms with Crippen molar-refractivity contribution in [1.29, 1.82) is 0 Å². The SMILES string of the molecule is O=C(CSc1nnc(N2CCOCC2)n1-c1cccc(F)c1)NCc1ccco1. The van der Waals surface area contributed by atoms with Crippen molar-refractivity contribution in [3.05, 3.63) is 54.2 Å². The average molecular weight is 417 g/mol. The molecule has 10 heteroatoms. The van der Waals surface area contributed by atoms with Crippen LogP contribution in [0.4, 0.5) is 10.3 Å². The van der Waals surface area contributed by atoms with Gasteiger partial charge in [0.25, 0.3) is 0 Å². The molecular weight excluding hydrogens is 397 g/mol. The molecule has 8 nitrogen and oxygen atoms in total. The Labute approximate surface area is 171 Å². The summed E-state index contributed by atoms with van der Waals surface area (Å²) in [6.45, 7) is 2.84. The fourth-order valence-electron chi connectivity index (χ4n) is 2.95. The van der Waals surface area contributed by atoms with Gasteiger partial charge in [0.15, 0.2) is 5.16 Å². The summed E-state index contributed by atoms with van der Waals surface area (Å²) in [6.07, 6.45) is 1.56. The molecule has 0 atom stereocenters. The number of carbonyl (C=O) groups excluding carboxylic acids is 1. The number of furan rings is 1. The van der Waals surface area contributed by atoms with Crippen LogP contribution in [-0.2, 0) is 16.1 Å². The van der Waals surface area contributed by atoms with Crippen LogP contribution in [-0.4, -0.2) is 52.7 Å². The Balaban J connectivity index is 1.51. The summed E-state index contributed by atoms with van der Waals surface area (Å²) in [5.74, 6) is 0.930. The van der Waals surface area contributed by atoms with Crippen LogP contribution in [0.15, 0.2) is 52.2 Å². The number of halogens is 1. The number of hydrogen-bond donors (Lipinski definition) is 1. The fourth-order valence-corrected chi connectivity index (χ4v) is 3.72. The van der Waals surface area contributed by atoms with Crippen molar-refractivity contribution in [2.24, 2.45) is 0 Å². The third-order valence-corrected chi connectivity index (χ3v) is 5.28. The van der Waals surface area contributed by atoms with Gasteiger partial charge in [-0.2, -0.15) is 0 Å². The standard InChI is InChI=1S/C19H20FN5O3S/c20-14-3-1-4-15(11-14)25-18(24-6-9-27-10-7-24)22-23-19(25)29-13-17(26)21-12-16-5-2-8-28-16/h1-5,8,11H,6-7,9-10,12-13H2,(H,21,26). The van der Waals surface area contributed by atoms with Crippen LogP contribution < -0.4 is 10.2 Å². The molecular formula is C19H20FN5O3S. The minimum Gasteiger partial charge on any atom is -0.467 e. The Morgan fingerprint density at radius 1 is 1.21 bits per heavy atom. The van der Waals surface area contributed by atoms with E-state index in [-0.39, 0.29) is 17.5 Å². The second-order valence-electron chi connectivity index (χ2n) is 6.34. The van der Waals surface area contributed by atoms with Gasteiger partial charge in [0.1, 0.15) is 11.6 Å². The first kappa shape index (κ1) is 19.5. The van der Waals surface area contributed by atoms with E-state index >= 15 is 0 Å². The number of carbonyl (C=O) groups is 1. The predicted molar refractivity (Wildman–Crippen MR) is 106 cm³/mol. The molecule has 1 amide bonds. The lowest BCUT2D eigenvalue weighted by molar-refractivity contribution is -0.118. The molecule has 1 saturated heterocycles. The van der Waals surface area contributed by atoms with E-state index in [1.807, 2.05) is 4.90 Å². The molecule has 0 spiro atoms. The number of aromatic nitrogens is 3. The second kappa shape index (κ2) is 9.10. The van der Waals surface area contributed by atoms with Crippen LogP contribution in [0.3, 0.4) is 0 Å². The number of anilines is 1. The molecule has 3 heterocycles. The van der Waals surface area contributed by atoms with Crippen LogP contribution in [0.25, 0.3) is 5.69 Å². The van der Waals surface area contributed by atoms with Crippen LogP contribution in [0.2, 0.25) is 0 Å². The average Bonchev–Trinajstić information content (AvgIpc) is 3.41. The van der Waals surface area contributed by atoms with E-state index in [0.29, 0.717) is 55.4 Å². The zero-order valence-corrected chi connectivity index (χ0v) is 16.4. The highest BCUT2D eigenvalue weighted by molar-refractivity contribution is 7.99. The van der Waals surface area contributed by atoms with Crippen LogP contribution in [0.5, 0.6) is 0 Å². The largest absolute Gasteiger partial charge is 0.467 e. The van der Waals surface area contributed by atoms with E-state index in [4.69, 9.17) is 9.15 Å². The maximum absolute atomic E-state index is 13.8. The van der Waals surface area contributed by atoms with Crippen LogP contribution in [0.1, 0.15) is 5.76 Å². The van der Waals surface area contributed by atoms with E-state index < -0.39 is 0 Å². The summed E-state index contributed by atoms with van der Waals surface area (Å²) in [5.41, 5.74) is 0.606. The molecule has 2 aromatic heterocycles. The Morgan fingerprint density at radius 2 is 2.07 bits per heavy atom. The van der Waals surface area contributed by atoms with E-state index in [1.54, 1.807) is 35.1 Å². The van der Waals surface area contributed by atoms with E-state index in [1.165, 1.54) is 23.9 Å². The lowest BCUT2D eigenvalue weighted by Crippen LogP contribution is -2.37. The minimum atomic E-state index is -0.351. The molecule has 29 heavy (non-hydrogen) atoms. The molecule has 1 aliphatic rings. The highest BCUT2D eigenvalue weighted by Gasteiger charge is 2.22. The number of rotatable bonds is 7. The van der Waals surface area contributed by atoms with Gasteiger partial charge < -0.3 is 19.4 Å². The van der Waals surface area contributed by atoms with Crippen molar-refractivity contribution < 1.29 is 18.3 Å². The van der Waals surface area contributed by atoms with Crippen molar-refractivity contribution in [3.8, 4) is 5.69 Å². The number of morpholine rings is 1. The lowest BCUT2D eigenvalue weighted by Gasteiger charge is -2.27. The van der Waals surface area contributed by atoms with Gasteiger partial charge in [-0.05, 0) is 30.3 Å². The maximum Gasteiger partial charge on any atom is 0.232 e. The number of amides is 1. The third-order valence-electron chi connectivity index (χ3n) is 4.35. The summed E-state index contributed by atoms with van der Waals surface area (Å²) in [5, 5.41) is 11.9. The van der Waals surface area contributed by atoms with Gasteiger partial charge >= 0.3 is 0 Å². The van der Waals surface area contributed by atoms with Crippen LogP contribution >= 0.6 is 11.8 Å². The van der Waals surface area contributed by atoms with Crippen molar-refractivity contribution in [2.75, 3.05) is 37.0 Å². The summed E-state index contributed by atoms with van der Waals surface area (Å²) >= 11 is 1.24. The zero-order valence-electron chi connectivity index (χ0n) is 15.6. The normalized spacial score (nSPS) is 14.2. The number of thioether (sulfide) groups is 1. The Hall–Kier alpha value is -2.85. The first-order valence-electron chi connectivity index (χ1n) is 9.16. The molecule has 0 unspecified atom stereocenters. The van der Waals surface area contributed by atoms with Gasteiger partial charge in [-0.25, -0.2) is 4.39 Å². The highest BCUT2D eigenvalue weighted by Crippen LogP contribution is 2.27. The minimum absolute atomic E-state index is 0.150. The van der Waals surface area contributed by atoms with Gasteiger partial charge in [-0.3, -0.25) is 9.36 Å². The number of nitrogens with one attached hydrogen (secondary N) is 1. The number of ether oxygens (including phenoxy) is 1. The smallest absolute Gasteiger partial charge is 0.232 e. The lowest BCUT2D eigenvalue weighted by atomic mass is 10.3. The third kappa shape index (κ3) is 4.77. The van der Waals surface area contributed by atoms with Crippen molar-refractivity contribution in [2.45, 2.75) is 11.7 Å². The Morgan fingerprint density at radius 3 is 2.83 bits per heavy atom. The monoisotopic (exact) mass is 417 g/mol. The zero-order chi connectivity index (χ0) is 20.1. The van der Waals surface area contributed by atoms with Crippen molar-refractivity contribution in [1.82, 2.24) is 20.1 Å². The van der Waals surface area contributed by atoms with E-state index in [2.05, 4.69) is 15.5 Å². The fraction of sp³-hybridized carbons (Fsp3) is 0.316. The number of nitrogens with zero attached hydrogens (tertiary/aromatic N) is 4. The molecule has 1 N–H and O–H groups in total. The van der Waals surface area contributed by atoms with E-state index in [9.17, 15) is 9.18 Å². The molecule has 152 valence electrons. The highest BCUT2D eigenvalue weighted by atomic mass is 32.2. The summed E-state index contributed by atoms with van der Waals surface area (Å²) in [4.78, 5) is 14.2. The van der Waals surface area contributed by atoms with Gasteiger partial charge in [0.05, 0.1) is 37.5 Å². The topological polar surface area (TPSA) is 85.4 Å². The Kier molecular flexibility index (Phi) is 6.11. The summed E-state index contributed by atoms with van der Waals surface area (Å²) < 4.78 is 26.2. The first-order chi connectivity index (χ1) is 14.2. The van der Waals surface area contributed by atoms with Gasteiger partial charge in [0, 0.05) is 13.1 Å².